The number of hydrogen-bond acceptors (Lipinski definition) is 2. The summed E-state index contributed by atoms with van der Waals surface area (Å²) in [6.07, 6.45) is 3.79. The summed E-state index contributed by atoms with van der Waals surface area (Å²) in [4.78, 5) is 3.19. The van der Waals surface area contributed by atoms with Crippen LogP contribution < -0.4 is 5.32 Å². The fourth-order valence-corrected chi connectivity index (χ4v) is 2.58. The van der Waals surface area contributed by atoms with Gasteiger partial charge in [0.15, 0.2) is 0 Å². The molecule has 1 aromatic heterocycles. The standard InChI is InChI=1S/C16H24N2O/c1-3-13(4-2)16(19)11-17-10-12-5-6-15-14(9-12)7-8-18-15/h5-9,13,16-19H,3-4,10-11H2,1-2H3. The zero-order valence-corrected chi connectivity index (χ0v) is 11.8. The van der Waals surface area contributed by atoms with E-state index in [1.807, 2.05) is 6.20 Å². The maximum Gasteiger partial charge on any atom is 0.0692 e. The summed E-state index contributed by atoms with van der Waals surface area (Å²) in [6, 6.07) is 8.49. The highest BCUT2D eigenvalue weighted by molar-refractivity contribution is 5.79. The highest BCUT2D eigenvalue weighted by Crippen LogP contribution is 2.15. The Morgan fingerprint density at radius 3 is 2.74 bits per heavy atom. The second-order valence-corrected chi connectivity index (χ2v) is 5.17. The van der Waals surface area contributed by atoms with Crippen molar-refractivity contribution in [2.24, 2.45) is 5.92 Å². The zero-order chi connectivity index (χ0) is 13.7. The molecule has 0 fully saturated rings. The van der Waals surface area contributed by atoms with Gasteiger partial charge < -0.3 is 15.4 Å². The first-order valence-corrected chi connectivity index (χ1v) is 7.19. The molecule has 1 aromatic carbocycles. The molecule has 0 spiro atoms. The summed E-state index contributed by atoms with van der Waals surface area (Å²) >= 11 is 0. The molecule has 19 heavy (non-hydrogen) atoms. The van der Waals surface area contributed by atoms with E-state index < -0.39 is 0 Å². The van der Waals surface area contributed by atoms with E-state index in [1.54, 1.807) is 0 Å². The third-order valence-corrected chi connectivity index (χ3v) is 3.89. The molecule has 0 aliphatic rings. The average molecular weight is 260 g/mol. The van der Waals surface area contributed by atoms with Crippen LogP contribution in [0.25, 0.3) is 10.9 Å². The van der Waals surface area contributed by atoms with Crippen LogP contribution in [0.3, 0.4) is 0 Å². The molecular formula is C16H24N2O. The quantitative estimate of drug-likeness (QED) is 0.716. The number of aliphatic hydroxyl groups is 1. The number of hydrogen-bond donors (Lipinski definition) is 3. The maximum absolute atomic E-state index is 10.1. The molecule has 104 valence electrons. The van der Waals surface area contributed by atoms with Crippen molar-refractivity contribution in [2.75, 3.05) is 6.54 Å². The lowest BCUT2D eigenvalue weighted by molar-refractivity contribution is 0.101. The Morgan fingerprint density at radius 2 is 2.00 bits per heavy atom. The number of aromatic nitrogens is 1. The predicted octanol–water partition coefficient (Wildman–Crippen LogP) is 3.05. The Kier molecular flexibility index (Phi) is 5.00. The zero-order valence-electron chi connectivity index (χ0n) is 11.8. The molecule has 3 heteroatoms. The third kappa shape index (κ3) is 3.58. The lowest BCUT2D eigenvalue weighted by Gasteiger charge is -2.20. The highest BCUT2D eigenvalue weighted by atomic mass is 16.3. The number of H-pyrrole nitrogens is 1. The summed E-state index contributed by atoms with van der Waals surface area (Å²) in [5, 5.41) is 14.6. The minimum Gasteiger partial charge on any atom is -0.392 e. The second kappa shape index (κ2) is 6.73. The first-order valence-electron chi connectivity index (χ1n) is 7.19. The van der Waals surface area contributed by atoms with Crippen LogP contribution in [-0.4, -0.2) is 22.7 Å². The van der Waals surface area contributed by atoms with Crippen LogP contribution in [0.4, 0.5) is 0 Å². The SMILES string of the molecule is CCC(CC)C(O)CNCc1ccc2[nH]ccc2c1. The van der Waals surface area contributed by atoms with Gasteiger partial charge >= 0.3 is 0 Å². The van der Waals surface area contributed by atoms with E-state index in [-0.39, 0.29) is 6.10 Å². The van der Waals surface area contributed by atoms with Crippen molar-refractivity contribution in [3.63, 3.8) is 0 Å². The normalized spacial score (nSPS) is 13.3. The topological polar surface area (TPSA) is 48.0 Å². The lowest BCUT2D eigenvalue weighted by Crippen LogP contribution is -2.32. The van der Waals surface area contributed by atoms with Crippen molar-refractivity contribution in [2.45, 2.75) is 39.3 Å². The van der Waals surface area contributed by atoms with Crippen molar-refractivity contribution in [1.29, 1.82) is 0 Å². The van der Waals surface area contributed by atoms with Gasteiger partial charge in [-0.25, -0.2) is 0 Å². The van der Waals surface area contributed by atoms with Gasteiger partial charge in [-0.1, -0.05) is 32.8 Å². The summed E-state index contributed by atoms with van der Waals surface area (Å²) in [6.45, 7) is 5.74. The van der Waals surface area contributed by atoms with E-state index in [2.05, 4.69) is 48.4 Å². The maximum atomic E-state index is 10.1. The number of aromatic amines is 1. The minimum atomic E-state index is -0.244. The van der Waals surface area contributed by atoms with Crippen molar-refractivity contribution in [3.05, 3.63) is 36.0 Å². The molecule has 0 amide bonds. The van der Waals surface area contributed by atoms with E-state index >= 15 is 0 Å². The fourth-order valence-electron chi connectivity index (χ4n) is 2.58. The van der Waals surface area contributed by atoms with Gasteiger partial charge in [-0.2, -0.15) is 0 Å². The molecule has 1 atom stereocenters. The van der Waals surface area contributed by atoms with Gasteiger partial charge in [-0.3, -0.25) is 0 Å². The van der Waals surface area contributed by atoms with Crippen LogP contribution in [0.2, 0.25) is 0 Å². The minimum absolute atomic E-state index is 0.244. The van der Waals surface area contributed by atoms with Crippen LogP contribution >= 0.6 is 0 Å². The first-order chi connectivity index (χ1) is 9.24. The smallest absolute Gasteiger partial charge is 0.0692 e. The molecule has 3 nitrogen and oxygen atoms in total. The van der Waals surface area contributed by atoms with Crippen LogP contribution in [-0.2, 0) is 6.54 Å². The lowest BCUT2D eigenvalue weighted by atomic mass is 9.96. The summed E-state index contributed by atoms with van der Waals surface area (Å²) in [5.74, 6) is 0.402. The van der Waals surface area contributed by atoms with Crippen molar-refractivity contribution in [3.8, 4) is 0 Å². The molecule has 0 bridgehead atoms. The molecular weight excluding hydrogens is 236 g/mol. The van der Waals surface area contributed by atoms with E-state index in [9.17, 15) is 5.11 Å². The first kappa shape index (κ1) is 14.1. The van der Waals surface area contributed by atoms with Gasteiger partial charge in [-0.05, 0) is 35.1 Å². The van der Waals surface area contributed by atoms with Gasteiger partial charge in [0.25, 0.3) is 0 Å². The Hall–Kier alpha value is -1.32. The summed E-state index contributed by atoms with van der Waals surface area (Å²) in [5.41, 5.74) is 2.42. The van der Waals surface area contributed by atoms with Crippen molar-refractivity contribution >= 4 is 10.9 Å². The third-order valence-electron chi connectivity index (χ3n) is 3.89. The molecule has 0 radical (unpaired) electrons. The summed E-state index contributed by atoms with van der Waals surface area (Å²) < 4.78 is 0. The van der Waals surface area contributed by atoms with Crippen LogP contribution in [0.1, 0.15) is 32.3 Å². The number of fused-ring (bicyclic) bond motifs is 1. The molecule has 2 aromatic rings. The molecule has 1 unspecified atom stereocenters. The molecule has 0 saturated heterocycles. The van der Waals surface area contributed by atoms with E-state index in [0.717, 1.165) is 19.4 Å². The summed E-state index contributed by atoms with van der Waals surface area (Å²) in [7, 11) is 0. The number of rotatable bonds is 7. The van der Waals surface area contributed by atoms with Gasteiger partial charge in [0, 0.05) is 24.8 Å². The van der Waals surface area contributed by atoms with Crippen LogP contribution in [0.5, 0.6) is 0 Å². The van der Waals surface area contributed by atoms with Gasteiger partial charge in [0.1, 0.15) is 0 Å². The number of nitrogens with one attached hydrogen (secondary N) is 2. The number of aliphatic hydroxyl groups excluding tert-OH is 1. The molecule has 0 aliphatic carbocycles. The molecule has 0 saturated carbocycles. The highest BCUT2D eigenvalue weighted by Gasteiger charge is 2.14. The largest absolute Gasteiger partial charge is 0.392 e. The van der Waals surface area contributed by atoms with Crippen LogP contribution in [0.15, 0.2) is 30.5 Å². The van der Waals surface area contributed by atoms with Crippen molar-refractivity contribution < 1.29 is 5.11 Å². The Morgan fingerprint density at radius 1 is 1.21 bits per heavy atom. The predicted molar refractivity (Wildman–Crippen MR) is 80.1 cm³/mol. The average Bonchev–Trinajstić information content (AvgIpc) is 2.87. The molecule has 2 rings (SSSR count). The second-order valence-electron chi connectivity index (χ2n) is 5.17. The van der Waals surface area contributed by atoms with Crippen LogP contribution in [0, 0.1) is 5.92 Å². The van der Waals surface area contributed by atoms with Gasteiger partial charge in [0.05, 0.1) is 6.10 Å². The number of benzene rings is 1. The Bertz CT molecular complexity index is 502. The monoisotopic (exact) mass is 260 g/mol. The van der Waals surface area contributed by atoms with E-state index in [4.69, 9.17) is 0 Å². The molecule has 1 heterocycles. The van der Waals surface area contributed by atoms with E-state index in [1.165, 1.54) is 16.5 Å². The van der Waals surface area contributed by atoms with Crippen molar-refractivity contribution in [1.82, 2.24) is 10.3 Å². The van der Waals surface area contributed by atoms with Gasteiger partial charge in [-0.15, -0.1) is 0 Å². The fraction of sp³-hybridized carbons (Fsp3) is 0.500. The Balaban J connectivity index is 1.85. The Labute approximate surface area is 115 Å². The van der Waals surface area contributed by atoms with E-state index in [0.29, 0.717) is 12.5 Å². The molecule has 0 aliphatic heterocycles. The van der Waals surface area contributed by atoms with Gasteiger partial charge in [0.2, 0.25) is 0 Å². The molecule has 3 N–H and O–H groups in total.